The minimum Gasteiger partial charge on any atom is -0.357 e. The zero-order valence-corrected chi connectivity index (χ0v) is 10.8. The number of nitrogens with zero attached hydrogens (tertiary/aromatic N) is 1. The molecule has 3 rings (SSSR count). The van der Waals surface area contributed by atoms with Gasteiger partial charge >= 0.3 is 0 Å². The Balaban J connectivity index is 2.06. The molecule has 3 aliphatic rings. The Labute approximate surface area is 97.7 Å². The van der Waals surface area contributed by atoms with Gasteiger partial charge in [-0.2, -0.15) is 5.06 Å². The maximum atomic E-state index is 10.6. The number of fused-ring (bicyclic) bond motifs is 3. The van der Waals surface area contributed by atoms with Gasteiger partial charge in [0.1, 0.15) is 5.72 Å². The van der Waals surface area contributed by atoms with Crippen LogP contribution >= 0.6 is 0 Å². The van der Waals surface area contributed by atoms with Gasteiger partial charge < -0.3 is 9.94 Å². The summed E-state index contributed by atoms with van der Waals surface area (Å²) in [5.74, 6) is 1.36. The summed E-state index contributed by atoms with van der Waals surface area (Å²) in [5.41, 5.74) is -0.500. The Hall–Kier alpha value is -0.120. The molecule has 0 aromatic heterocycles. The molecule has 0 amide bonds. The summed E-state index contributed by atoms with van der Waals surface area (Å²) < 4.78 is 5.85. The van der Waals surface area contributed by atoms with E-state index in [9.17, 15) is 5.21 Å². The summed E-state index contributed by atoms with van der Waals surface area (Å²) in [6.07, 6.45) is 3.85. The Bertz CT molecular complexity index is 326. The van der Waals surface area contributed by atoms with Crippen LogP contribution in [-0.4, -0.2) is 28.1 Å². The first-order valence-corrected chi connectivity index (χ1v) is 6.45. The lowest BCUT2D eigenvalue weighted by Crippen LogP contribution is -2.61. The van der Waals surface area contributed by atoms with Crippen LogP contribution < -0.4 is 0 Å². The fraction of sp³-hybridized carbons (Fsp3) is 1.00. The Morgan fingerprint density at radius 3 is 2.19 bits per heavy atom. The van der Waals surface area contributed by atoms with Crippen LogP contribution in [0.4, 0.5) is 0 Å². The van der Waals surface area contributed by atoms with Crippen LogP contribution in [0.2, 0.25) is 0 Å². The van der Waals surface area contributed by atoms with E-state index in [0.29, 0.717) is 12.5 Å². The first kappa shape index (κ1) is 11.0. The maximum absolute atomic E-state index is 10.6. The minimum absolute atomic E-state index is 0.139. The Morgan fingerprint density at radius 1 is 1.12 bits per heavy atom. The lowest BCUT2D eigenvalue weighted by molar-refractivity contribution is -0.266. The predicted octanol–water partition coefficient (Wildman–Crippen LogP) is 2.64. The molecule has 3 nitrogen and oxygen atoms in total. The number of hydrogen-bond donors (Lipinski definition) is 1. The largest absolute Gasteiger partial charge is 0.357 e. The summed E-state index contributed by atoms with van der Waals surface area (Å²) in [6.45, 7) is 9.23. The van der Waals surface area contributed by atoms with Crippen molar-refractivity contribution in [3.63, 3.8) is 0 Å². The van der Waals surface area contributed by atoms with Gasteiger partial charge in [0.2, 0.25) is 0 Å². The molecule has 92 valence electrons. The van der Waals surface area contributed by atoms with E-state index in [4.69, 9.17) is 4.74 Å². The molecular formula is C13H23NO2. The molecule has 3 fully saturated rings. The fourth-order valence-electron chi connectivity index (χ4n) is 4.59. The lowest BCUT2D eigenvalue weighted by atomic mass is 9.63. The van der Waals surface area contributed by atoms with E-state index in [-0.39, 0.29) is 11.0 Å². The highest BCUT2D eigenvalue weighted by atomic mass is 16.6. The standard InChI is InChI=1S/C13H23NO2/c1-11(2)9-5-6-10(7-9)13(11)8-16-12(3,4)14(13)15/h9-10,15H,5-8H2,1-4H3/t9-,10+,13-/m0/s1. The fourth-order valence-corrected chi connectivity index (χ4v) is 4.59. The average Bonchev–Trinajstić information content (AvgIpc) is 2.78. The Morgan fingerprint density at radius 2 is 1.75 bits per heavy atom. The average molecular weight is 225 g/mol. The molecule has 3 heteroatoms. The van der Waals surface area contributed by atoms with Crippen molar-refractivity contribution < 1.29 is 9.94 Å². The summed E-state index contributed by atoms with van der Waals surface area (Å²) in [4.78, 5) is 0. The quantitative estimate of drug-likeness (QED) is 0.688. The molecule has 0 radical (unpaired) electrons. The van der Waals surface area contributed by atoms with E-state index in [1.807, 2.05) is 13.8 Å². The molecular weight excluding hydrogens is 202 g/mol. The normalized spacial score (nSPS) is 49.3. The predicted molar refractivity (Wildman–Crippen MR) is 61.0 cm³/mol. The molecule has 1 N–H and O–H groups in total. The zero-order chi connectivity index (χ0) is 11.8. The van der Waals surface area contributed by atoms with Gasteiger partial charge in [0.05, 0.1) is 12.1 Å². The van der Waals surface area contributed by atoms with Crippen molar-refractivity contribution in [2.24, 2.45) is 17.3 Å². The molecule has 1 heterocycles. The van der Waals surface area contributed by atoms with Gasteiger partial charge in [0.25, 0.3) is 0 Å². The first-order valence-electron chi connectivity index (χ1n) is 6.45. The monoisotopic (exact) mass is 225 g/mol. The number of ether oxygens (including phenoxy) is 1. The van der Waals surface area contributed by atoms with E-state index >= 15 is 0 Å². The van der Waals surface area contributed by atoms with Gasteiger partial charge in [-0.15, -0.1) is 0 Å². The molecule has 0 unspecified atom stereocenters. The second kappa shape index (κ2) is 2.82. The molecule has 1 aliphatic heterocycles. The van der Waals surface area contributed by atoms with Crippen molar-refractivity contribution in [3.8, 4) is 0 Å². The lowest BCUT2D eigenvalue weighted by Gasteiger charge is -2.50. The SMILES string of the molecule is CC1(C)OC[C@@]2([C@@H]3CC[C@@H](C3)C2(C)C)N1O. The smallest absolute Gasteiger partial charge is 0.138 e. The van der Waals surface area contributed by atoms with E-state index in [1.54, 1.807) is 5.06 Å². The summed E-state index contributed by atoms with van der Waals surface area (Å²) in [7, 11) is 0. The van der Waals surface area contributed by atoms with Gasteiger partial charge in [-0.1, -0.05) is 13.8 Å². The van der Waals surface area contributed by atoms with E-state index < -0.39 is 5.72 Å². The van der Waals surface area contributed by atoms with Gasteiger partial charge in [-0.3, -0.25) is 0 Å². The second-order valence-corrected chi connectivity index (χ2v) is 6.90. The molecule has 3 atom stereocenters. The molecule has 2 saturated carbocycles. The van der Waals surface area contributed by atoms with Crippen LogP contribution in [0.5, 0.6) is 0 Å². The van der Waals surface area contributed by atoms with Gasteiger partial charge in [0, 0.05) is 0 Å². The topological polar surface area (TPSA) is 32.7 Å². The number of rotatable bonds is 0. The highest BCUT2D eigenvalue weighted by Crippen LogP contribution is 2.66. The van der Waals surface area contributed by atoms with Crippen molar-refractivity contribution in [3.05, 3.63) is 0 Å². The molecule has 0 aromatic rings. The van der Waals surface area contributed by atoms with Gasteiger partial charge in [0.15, 0.2) is 0 Å². The third-order valence-corrected chi connectivity index (χ3v) is 5.78. The molecule has 1 saturated heterocycles. The minimum atomic E-state index is -0.526. The molecule has 2 bridgehead atoms. The van der Waals surface area contributed by atoms with Gasteiger partial charge in [-0.05, 0) is 50.4 Å². The first-order chi connectivity index (χ1) is 7.32. The third-order valence-electron chi connectivity index (χ3n) is 5.78. The zero-order valence-electron chi connectivity index (χ0n) is 10.8. The van der Waals surface area contributed by atoms with Crippen LogP contribution in [0.1, 0.15) is 47.0 Å². The molecule has 2 aliphatic carbocycles. The van der Waals surface area contributed by atoms with Crippen LogP contribution in [0.15, 0.2) is 0 Å². The van der Waals surface area contributed by atoms with E-state index in [1.165, 1.54) is 19.3 Å². The summed E-state index contributed by atoms with van der Waals surface area (Å²) >= 11 is 0. The Kier molecular flexibility index (Phi) is 1.94. The van der Waals surface area contributed by atoms with Crippen molar-refractivity contribution >= 4 is 0 Å². The van der Waals surface area contributed by atoms with E-state index in [2.05, 4.69) is 13.8 Å². The highest BCUT2D eigenvalue weighted by Gasteiger charge is 2.70. The van der Waals surface area contributed by atoms with Crippen molar-refractivity contribution in [1.82, 2.24) is 5.06 Å². The summed E-state index contributed by atoms with van der Waals surface area (Å²) in [5, 5.41) is 12.1. The molecule has 1 spiro atoms. The van der Waals surface area contributed by atoms with Crippen molar-refractivity contribution in [1.29, 1.82) is 0 Å². The maximum Gasteiger partial charge on any atom is 0.138 e. The summed E-state index contributed by atoms with van der Waals surface area (Å²) in [6, 6.07) is 0. The van der Waals surface area contributed by atoms with Gasteiger partial charge in [-0.25, -0.2) is 0 Å². The number of hydrogen-bond acceptors (Lipinski definition) is 3. The second-order valence-electron chi connectivity index (χ2n) is 6.90. The van der Waals surface area contributed by atoms with Crippen LogP contribution in [0.3, 0.4) is 0 Å². The van der Waals surface area contributed by atoms with Crippen LogP contribution in [0.25, 0.3) is 0 Å². The van der Waals surface area contributed by atoms with Crippen molar-refractivity contribution in [2.75, 3.05) is 6.61 Å². The van der Waals surface area contributed by atoms with E-state index in [0.717, 1.165) is 5.92 Å². The van der Waals surface area contributed by atoms with Crippen molar-refractivity contribution in [2.45, 2.75) is 58.2 Å². The van der Waals surface area contributed by atoms with Crippen LogP contribution in [-0.2, 0) is 4.74 Å². The third kappa shape index (κ3) is 0.964. The molecule has 0 aromatic carbocycles. The highest BCUT2D eigenvalue weighted by molar-refractivity contribution is 5.18. The number of hydroxylamine groups is 2. The molecule has 16 heavy (non-hydrogen) atoms. The van der Waals surface area contributed by atoms with Crippen LogP contribution in [0, 0.1) is 17.3 Å².